The van der Waals surface area contributed by atoms with E-state index >= 15 is 0 Å². The van der Waals surface area contributed by atoms with Crippen molar-refractivity contribution in [3.05, 3.63) is 0 Å². The second-order valence-corrected chi connectivity index (χ2v) is 7.30. The van der Waals surface area contributed by atoms with Gasteiger partial charge in [0.25, 0.3) is 0 Å². The molecule has 1 N–H and O–H groups in total. The third-order valence-corrected chi connectivity index (χ3v) is 6.23. The van der Waals surface area contributed by atoms with Crippen LogP contribution in [0.1, 0.15) is 59.8 Å². The van der Waals surface area contributed by atoms with E-state index in [1.807, 2.05) is 0 Å². The number of fused-ring (bicyclic) bond motifs is 1. The van der Waals surface area contributed by atoms with E-state index in [0.717, 1.165) is 24.2 Å². The van der Waals surface area contributed by atoms with Gasteiger partial charge in [-0.2, -0.15) is 0 Å². The highest BCUT2D eigenvalue weighted by molar-refractivity contribution is 5.67. The molecular formula is C16H28O2. The minimum absolute atomic E-state index is 0.253. The maximum Gasteiger partial charge on any atom is 0.303 e. The van der Waals surface area contributed by atoms with Crippen LogP contribution < -0.4 is 0 Å². The molecule has 2 aliphatic carbocycles. The minimum Gasteiger partial charge on any atom is -0.481 e. The van der Waals surface area contributed by atoms with Gasteiger partial charge in [0.15, 0.2) is 0 Å². The first-order valence-corrected chi connectivity index (χ1v) is 7.57. The number of carboxylic acids is 1. The Morgan fingerprint density at radius 3 is 2.50 bits per heavy atom. The van der Waals surface area contributed by atoms with Gasteiger partial charge in [-0.15, -0.1) is 0 Å². The average molecular weight is 252 g/mol. The summed E-state index contributed by atoms with van der Waals surface area (Å²) in [4.78, 5) is 11.1. The summed E-state index contributed by atoms with van der Waals surface area (Å²) in [6.07, 6.45) is 5.28. The summed E-state index contributed by atoms with van der Waals surface area (Å²) in [5.41, 5.74) is 0.253. The Morgan fingerprint density at radius 1 is 1.22 bits per heavy atom. The van der Waals surface area contributed by atoms with Gasteiger partial charge < -0.3 is 5.11 Å². The van der Waals surface area contributed by atoms with E-state index in [1.54, 1.807) is 0 Å². The molecule has 0 spiro atoms. The molecule has 2 heteroatoms. The summed E-state index contributed by atoms with van der Waals surface area (Å²) in [6, 6.07) is 0. The van der Waals surface area contributed by atoms with Crippen LogP contribution in [0.2, 0.25) is 0 Å². The second-order valence-electron chi connectivity index (χ2n) is 7.30. The minimum atomic E-state index is -0.611. The molecule has 0 aromatic rings. The zero-order valence-corrected chi connectivity index (χ0v) is 12.3. The number of hydrogen-bond acceptors (Lipinski definition) is 1. The van der Waals surface area contributed by atoms with Gasteiger partial charge in [-0.3, -0.25) is 4.79 Å². The van der Waals surface area contributed by atoms with Crippen LogP contribution in [-0.2, 0) is 4.79 Å². The lowest BCUT2D eigenvalue weighted by Crippen LogP contribution is -2.51. The molecule has 6 atom stereocenters. The molecule has 0 radical (unpaired) electrons. The van der Waals surface area contributed by atoms with Gasteiger partial charge in [0.05, 0.1) is 0 Å². The molecule has 2 saturated carbocycles. The van der Waals surface area contributed by atoms with Crippen LogP contribution in [0, 0.1) is 35.0 Å². The molecule has 2 nitrogen and oxygen atoms in total. The van der Waals surface area contributed by atoms with Crippen molar-refractivity contribution in [3.63, 3.8) is 0 Å². The van der Waals surface area contributed by atoms with E-state index in [9.17, 15) is 9.90 Å². The average Bonchev–Trinajstić information content (AvgIpc) is 2.26. The Bertz CT molecular complexity index is 325. The first-order chi connectivity index (χ1) is 8.35. The number of aliphatic carboxylic acids is 1. The third-order valence-electron chi connectivity index (χ3n) is 6.23. The van der Waals surface area contributed by atoms with Crippen molar-refractivity contribution in [2.45, 2.75) is 59.8 Å². The lowest BCUT2D eigenvalue weighted by molar-refractivity contribution is -0.145. The standard InChI is InChI=1S/C16H28O2/c1-10-7-12(3)16(4)13(9-15(17)18)6-5-11(2)14(16)8-10/h10-14H,5-9H2,1-4H3,(H,17,18). The molecule has 0 aromatic carbocycles. The van der Waals surface area contributed by atoms with Crippen molar-refractivity contribution in [1.29, 1.82) is 0 Å². The van der Waals surface area contributed by atoms with Crippen LogP contribution in [0.5, 0.6) is 0 Å². The van der Waals surface area contributed by atoms with Gasteiger partial charge in [-0.1, -0.05) is 34.1 Å². The van der Waals surface area contributed by atoms with Gasteiger partial charge in [-0.05, 0) is 54.3 Å². The van der Waals surface area contributed by atoms with Crippen LogP contribution in [0.15, 0.2) is 0 Å². The lowest BCUT2D eigenvalue weighted by atomic mass is 9.47. The maximum atomic E-state index is 11.1. The Balaban J connectivity index is 2.27. The molecule has 0 aliphatic heterocycles. The van der Waals surface area contributed by atoms with Crippen LogP contribution in [0.3, 0.4) is 0 Å². The molecule has 0 heterocycles. The van der Waals surface area contributed by atoms with E-state index in [0.29, 0.717) is 18.3 Å². The summed E-state index contributed by atoms with van der Waals surface area (Å²) in [5, 5.41) is 9.17. The van der Waals surface area contributed by atoms with Crippen LogP contribution in [-0.4, -0.2) is 11.1 Å². The molecule has 0 aromatic heterocycles. The Hall–Kier alpha value is -0.530. The number of carboxylic acid groups (broad SMARTS) is 1. The molecule has 0 saturated heterocycles. The zero-order chi connectivity index (χ0) is 13.5. The van der Waals surface area contributed by atoms with Crippen molar-refractivity contribution in [3.8, 4) is 0 Å². The van der Waals surface area contributed by atoms with E-state index < -0.39 is 5.97 Å². The van der Waals surface area contributed by atoms with Crippen molar-refractivity contribution in [2.24, 2.45) is 35.0 Å². The topological polar surface area (TPSA) is 37.3 Å². The highest BCUT2D eigenvalue weighted by atomic mass is 16.4. The molecule has 2 rings (SSSR count). The van der Waals surface area contributed by atoms with Crippen LogP contribution >= 0.6 is 0 Å². The second kappa shape index (κ2) is 4.86. The summed E-state index contributed by atoms with van der Waals surface area (Å²) in [5.74, 6) is 2.75. The van der Waals surface area contributed by atoms with Gasteiger partial charge in [0.1, 0.15) is 0 Å². The normalized spacial score (nSPS) is 48.6. The van der Waals surface area contributed by atoms with Crippen molar-refractivity contribution in [1.82, 2.24) is 0 Å². The van der Waals surface area contributed by atoms with Gasteiger partial charge in [0.2, 0.25) is 0 Å². The van der Waals surface area contributed by atoms with Gasteiger partial charge in [0, 0.05) is 6.42 Å². The summed E-state index contributed by atoms with van der Waals surface area (Å²) < 4.78 is 0. The first kappa shape index (κ1) is 13.9. The predicted octanol–water partition coefficient (Wildman–Crippen LogP) is 4.20. The molecule has 0 amide bonds. The fourth-order valence-electron chi connectivity index (χ4n) is 5.07. The fourth-order valence-corrected chi connectivity index (χ4v) is 5.07. The lowest BCUT2D eigenvalue weighted by Gasteiger charge is -2.58. The molecular weight excluding hydrogens is 224 g/mol. The van der Waals surface area contributed by atoms with E-state index in [-0.39, 0.29) is 5.41 Å². The third kappa shape index (κ3) is 2.19. The van der Waals surface area contributed by atoms with Crippen molar-refractivity contribution >= 4 is 5.97 Å². The molecule has 0 bridgehead atoms. The molecule has 2 fully saturated rings. The molecule has 2 aliphatic rings. The maximum absolute atomic E-state index is 11.1. The number of rotatable bonds is 2. The highest BCUT2D eigenvalue weighted by Crippen LogP contribution is 2.59. The highest BCUT2D eigenvalue weighted by Gasteiger charge is 2.52. The summed E-state index contributed by atoms with van der Waals surface area (Å²) in [6.45, 7) is 9.49. The van der Waals surface area contributed by atoms with E-state index in [4.69, 9.17) is 0 Å². The van der Waals surface area contributed by atoms with Crippen molar-refractivity contribution in [2.75, 3.05) is 0 Å². The van der Waals surface area contributed by atoms with Crippen LogP contribution in [0.25, 0.3) is 0 Å². The number of carbonyl (C=O) groups is 1. The smallest absolute Gasteiger partial charge is 0.303 e. The Kier molecular flexibility index (Phi) is 3.75. The zero-order valence-electron chi connectivity index (χ0n) is 12.3. The van der Waals surface area contributed by atoms with E-state index in [2.05, 4.69) is 27.7 Å². The monoisotopic (exact) mass is 252 g/mol. The SMILES string of the molecule is CC1CC(C)C2(C)C(CC(=O)O)CCC(C)C2C1. The quantitative estimate of drug-likeness (QED) is 0.800. The Morgan fingerprint density at radius 2 is 1.89 bits per heavy atom. The van der Waals surface area contributed by atoms with E-state index in [1.165, 1.54) is 19.3 Å². The Labute approximate surface area is 111 Å². The molecule has 6 unspecified atom stereocenters. The predicted molar refractivity (Wildman–Crippen MR) is 73.3 cm³/mol. The largest absolute Gasteiger partial charge is 0.481 e. The van der Waals surface area contributed by atoms with Crippen LogP contribution in [0.4, 0.5) is 0 Å². The van der Waals surface area contributed by atoms with Gasteiger partial charge >= 0.3 is 5.97 Å². The van der Waals surface area contributed by atoms with Gasteiger partial charge in [-0.25, -0.2) is 0 Å². The van der Waals surface area contributed by atoms with Crippen molar-refractivity contribution < 1.29 is 9.90 Å². The fraction of sp³-hybridized carbons (Fsp3) is 0.938. The summed E-state index contributed by atoms with van der Waals surface area (Å²) >= 11 is 0. The first-order valence-electron chi connectivity index (χ1n) is 7.57. The molecule has 18 heavy (non-hydrogen) atoms. The number of hydrogen-bond donors (Lipinski definition) is 1. The summed E-state index contributed by atoms with van der Waals surface area (Å²) in [7, 11) is 0. The molecule has 104 valence electrons.